The summed E-state index contributed by atoms with van der Waals surface area (Å²) in [6, 6.07) is 1.46. The molecule has 0 unspecified atom stereocenters. The minimum Gasteiger partial charge on any atom is -0.361 e. The number of aromatic nitrogens is 4. The lowest BCUT2D eigenvalue weighted by molar-refractivity contribution is 0.515. The lowest BCUT2D eigenvalue weighted by atomic mass is 10.0. The van der Waals surface area contributed by atoms with Gasteiger partial charge in [0.1, 0.15) is 5.65 Å². The van der Waals surface area contributed by atoms with Crippen LogP contribution < -0.4 is 5.32 Å². The van der Waals surface area contributed by atoms with Crippen LogP contribution in [0.15, 0.2) is 36.6 Å². The lowest BCUT2D eigenvalue weighted by Gasteiger charge is -2.20. The second-order valence-electron chi connectivity index (χ2n) is 5.90. The van der Waals surface area contributed by atoms with Crippen LogP contribution in [0.4, 0.5) is 14.6 Å². The Kier molecular flexibility index (Phi) is 4.09. The first-order valence-electron chi connectivity index (χ1n) is 7.88. The van der Waals surface area contributed by atoms with Crippen molar-refractivity contribution < 1.29 is 8.78 Å². The van der Waals surface area contributed by atoms with Crippen LogP contribution in [-0.2, 0) is 0 Å². The molecule has 2 N–H and O–H groups in total. The minimum atomic E-state index is -0.584. The second kappa shape index (κ2) is 6.40. The van der Waals surface area contributed by atoms with Crippen molar-refractivity contribution in [3.63, 3.8) is 0 Å². The van der Waals surface area contributed by atoms with E-state index in [2.05, 4.69) is 25.3 Å². The molecular formula is C17H14ClF2N5. The Labute approximate surface area is 147 Å². The Morgan fingerprint density at radius 1 is 1.24 bits per heavy atom. The summed E-state index contributed by atoms with van der Waals surface area (Å²) < 4.78 is 27.5. The van der Waals surface area contributed by atoms with Crippen molar-refractivity contribution in [1.82, 2.24) is 19.9 Å². The lowest BCUT2D eigenvalue weighted by Crippen LogP contribution is -2.21. The number of nitrogens with zero attached hydrogens (tertiary/aromatic N) is 3. The molecule has 0 radical (unpaired) electrons. The van der Waals surface area contributed by atoms with Crippen molar-refractivity contribution in [2.75, 3.05) is 5.32 Å². The Bertz CT molecular complexity index is 969. The fourth-order valence-electron chi connectivity index (χ4n) is 2.93. The molecule has 0 saturated heterocycles. The zero-order valence-corrected chi connectivity index (χ0v) is 13.8. The van der Waals surface area contributed by atoms with E-state index >= 15 is 0 Å². The number of halogens is 3. The average molecular weight is 362 g/mol. The van der Waals surface area contributed by atoms with Crippen LogP contribution in [0.5, 0.6) is 0 Å². The number of hydrogen-bond acceptors (Lipinski definition) is 4. The van der Waals surface area contributed by atoms with E-state index in [1.807, 2.05) is 0 Å². The van der Waals surface area contributed by atoms with Gasteiger partial charge in [0.05, 0.1) is 17.0 Å². The fourth-order valence-corrected chi connectivity index (χ4v) is 3.08. The van der Waals surface area contributed by atoms with E-state index in [9.17, 15) is 8.78 Å². The van der Waals surface area contributed by atoms with Gasteiger partial charge in [0.2, 0.25) is 0 Å². The maximum absolute atomic E-state index is 14.1. The predicted octanol–water partition coefficient (Wildman–Crippen LogP) is 4.63. The second-order valence-corrected chi connectivity index (χ2v) is 6.34. The molecule has 1 aliphatic rings. The third kappa shape index (κ3) is 3.19. The Morgan fingerprint density at radius 2 is 2.12 bits per heavy atom. The molecule has 0 amide bonds. The predicted molar refractivity (Wildman–Crippen MR) is 92.5 cm³/mol. The van der Waals surface area contributed by atoms with Crippen LogP contribution in [0.3, 0.4) is 0 Å². The van der Waals surface area contributed by atoms with Gasteiger partial charge in [-0.2, -0.15) is 0 Å². The SMILES string of the molecule is FC1=C[C@@H](Nc2nc(-c3c[nH]c4ncc(Cl)cc34)ncc2F)CCC1. The van der Waals surface area contributed by atoms with E-state index in [4.69, 9.17) is 11.6 Å². The highest BCUT2D eigenvalue weighted by atomic mass is 35.5. The van der Waals surface area contributed by atoms with E-state index in [0.29, 0.717) is 34.9 Å². The van der Waals surface area contributed by atoms with E-state index in [1.165, 1.54) is 12.3 Å². The van der Waals surface area contributed by atoms with E-state index in [0.717, 1.165) is 18.0 Å². The molecule has 5 nitrogen and oxygen atoms in total. The van der Waals surface area contributed by atoms with Gasteiger partial charge in [-0.3, -0.25) is 0 Å². The number of pyridine rings is 1. The van der Waals surface area contributed by atoms with Crippen molar-refractivity contribution in [2.24, 2.45) is 0 Å². The molecule has 4 rings (SSSR count). The van der Waals surface area contributed by atoms with Crippen LogP contribution in [0, 0.1) is 5.82 Å². The number of hydrogen-bond donors (Lipinski definition) is 2. The molecule has 0 aliphatic heterocycles. The maximum atomic E-state index is 14.1. The first-order valence-corrected chi connectivity index (χ1v) is 8.26. The molecule has 1 atom stereocenters. The largest absolute Gasteiger partial charge is 0.361 e. The number of fused-ring (bicyclic) bond motifs is 1. The van der Waals surface area contributed by atoms with E-state index < -0.39 is 5.82 Å². The maximum Gasteiger partial charge on any atom is 0.183 e. The molecule has 3 heterocycles. The van der Waals surface area contributed by atoms with Gasteiger partial charge in [-0.25, -0.2) is 23.7 Å². The number of rotatable bonds is 3. The highest BCUT2D eigenvalue weighted by Gasteiger charge is 2.18. The van der Waals surface area contributed by atoms with Crippen molar-refractivity contribution >= 4 is 28.5 Å². The van der Waals surface area contributed by atoms with Gasteiger partial charge >= 0.3 is 0 Å². The number of nitrogens with one attached hydrogen (secondary N) is 2. The summed E-state index contributed by atoms with van der Waals surface area (Å²) >= 11 is 6.00. The van der Waals surface area contributed by atoms with Crippen LogP contribution in [-0.4, -0.2) is 26.0 Å². The summed E-state index contributed by atoms with van der Waals surface area (Å²) in [6.07, 6.45) is 7.67. The molecule has 8 heteroatoms. The Hall–Kier alpha value is -2.54. The van der Waals surface area contributed by atoms with E-state index in [1.54, 1.807) is 12.3 Å². The highest BCUT2D eigenvalue weighted by molar-refractivity contribution is 6.31. The highest BCUT2D eigenvalue weighted by Crippen LogP contribution is 2.29. The molecule has 0 aromatic carbocycles. The van der Waals surface area contributed by atoms with Gasteiger partial charge in [0.15, 0.2) is 17.5 Å². The summed E-state index contributed by atoms with van der Waals surface area (Å²) in [4.78, 5) is 15.5. The summed E-state index contributed by atoms with van der Waals surface area (Å²) in [6.45, 7) is 0. The van der Waals surface area contributed by atoms with Gasteiger partial charge in [0, 0.05) is 29.4 Å². The number of anilines is 1. The molecule has 3 aromatic rings. The van der Waals surface area contributed by atoms with Gasteiger partial charge in [-0.15, -0.1) is 0 Å². The molecular weight excluding hydrogens is 348 g/mol. The van der Waals surface area contributed by atoms with Gasteiger partial charge in [-0.1, -0.05) is 11.6 Å². The zero-order valence-electron chi connectivity index (χ0n) is 13.1. The van der Waals surface area contributed by atoms with E-state index in [-0.39, 0.29) is 17.7 Å². The van der Waals surface area contributed by atoms with Crippen molar-refractivity contribution in [3.8, 4) is 11.4 Å². The third-order valence-corrected chi connectivity index (χ3v) is 4.32. The Balaban J connectivity index is 1.71. The minimum absolute atomic E-state index is 0.0466. The topological polar surface area (TPSA) is 66.5 Å². The standard InChI is InChI=1S/C17H14ClF2N5/c18-9-4-12-13(7-22-15(12)21-6-9)16-23-8-14(20)17(25-16)24-11-3-1-2-10(19)5-11/h4-8,11H,1-3H2,(H,21,22)(H,23,24,25)/t11-/m0/s1. The normalized spacial score (nSPS) is 17.6. The first-order chi connectivity index (χ1) is 12.1. The van der Waals surface area contributed by atoms with Crippen LogP contribution >= 0.6 is 11.6 Å². The number of aromatic amines is 1. The van der Waals surface area contributed by atoms with Crippen LogP contribution in [0.1, 0.15) is 19.3 Å². The van der Waals surface area contributed by atoms with Crippen LogP contribution in [0.25, 0.3) is 22.4 Å². The molecule has 1 aliphatic carbocycles. The first kappa shape index (κ1) is 16.0. The summed E-state index contributed by atoms with van der Waals surface area (Å²) in [7, 11) is 0. The molecule has 0 saturated carbocycles. The molecule has 128 valence electrons. The summed E-state index contributed by atoms with van der Waals surface area (Å²) in [5.74, 6) is -0.389. The summed E-state index contributed by atoms with van der Waals surface area (Å²) in [5.41, 5.74) is 1.30. The molecule has 0 bridgehead atoms. The Morgan fingerprint density at radius 3 is 2.96 bits per heavy atom. The van der Waals surface area contributed by atoms with Crippen molar-refractivity contribution in [2.45, 2.75) is 25.3 Å². The zero-order chi connectivity index (χ0) is 17.4. The molecule has 3 aromatic heterocycles. The van der Waals surface area contributed by atoms with Gasteiger partial charge in [0.25, 0.3) is 0 Å². The fraction of sp³-hybridized carbons (Fsp3) is 0.235. The number of H-pyrrole nitrogens is 1. The summed E-state index contributed by atoms with van der Waals surface area (Å²) in [5, 5.41) is 4.17. The molecule has 0 spiro atoms. The molecule has 25 heavy (non-hydrogen) atoms. The monoisotopic (exact) mass is 361 g/mol. The van der Waals surface area contributed by atoms with Crippen molar-refractivity contribution in [3.05, 3.63) is 47.4 Å². The smallest absolute Gasteiger partial charge is 0.183 e. The number of allylic oxidation sites excluding steroid dienone is 1. The third-order valence-electron chi connectivity index (χ3n) is 4.12. The van der Waals surface area contributed by atoms with Gasteiger partial charge < -0.3 is 10.3 Å². The van der Waals surface area contributed by atoms with Crippen LogP contribution in [0.2, 0.25) is 5.02 Å². The quantitative estimate of drug-likeness (QED) is 0.713. The average Bonchev–Trinajstić information content (AvgIpc) is 3.00. The van der Waals surface area contributed by atoms with Crippen molar-refractivity contribution in [1.29, 1.82) is 0 Å². The van der Waals surface area contributed by atoms with Gasteiger partial charge in [-0.05, 0) is 31.4 Å². The molecule has 0 fully saturated rings.